The SMILES string of the molecule is FC(F)(F)c1ccc(-c2cccc(C3CCCN(Cc4ccc(-n5cccc5)cc4)C3)c2)cc1. The summed E-state index contributed by atoms with van der Waals surface area (Å²) in [5, 5.41) is 0. The fraction of sp³-hybridized carbons (Fsp3) is 0.241. The number of nitrogens with zero attached hydrogens (tertiary/aromatic N) is 2. The Morgan fingerprint density at radius 2 is 1.53 bits per heavy atom. The molecule has 5 heteroatoms. The highest BCUT2D eigenvalue weighted by molar-refractivity contribution is 5.64. The number of likely N-dealkylation sites (tertiary alicyclic amines) is 1. The lowest BCUT2D eigenvalue weighted by molar-refractivity contribution is -0.137. The molecule has 1 aliphatic rings. The van der Waals surface area contributed by atoms with Crippen LogP contribution in [0.25, 0.3) is 16.8 Å². The number of alkyl halides is 3. The van der Waals surface area contributed by atoms with Gasteiger partial charge < -0.3 is 4.57 Å². The number of hydrogen-bond donors (Lipinski definition) is 0. The molecule has 4 aromatic rings. The van der Waals surface area contributed by atoms with Crippen molar-refractivity contribution < 1.29 is 13.2 Å². The van der Waals surface area contributed by atoms with Gasteiger partial charge in [-0.15, -0.1) is 0 Å². The maximum atomic E-state index is 12.9. The van der Waals surface area contributed by atoms with E-state index >= 15 is 0 Å². The summed E-state index contributed by atoms with van der Waals surface area (Å²) in [7, 11) is 0. The Kier molecular flexibility index (Phi) is 6.29. The van der Waals surface area contributed by atoms with Crippen LogP contribution in [0, 0.1) is 0 Å². The molecule has 1 fully saturated rings. The fourth-order valence-corrected chi connectivity index (χ4v) is 4.83. The highest BCUT2D eigenvalue weighted by Crippen LogP contribution is 2.33. The molecular weight excluding hydrogens is 433 g/mol. The number of halogens is 3. The summed E-state index contributed by atoms with van der Waals surface area (Å²) in [6.07, 6.45) is 2.04. The molecule has 0 spiro atoms. The van der Waals surface area contributed by atoms with Crippen molar-refractivity contribution in [1.29, 1.82) is 0 Å². The number of aromatic nitrogens is 1. The number of rotatable bonds is 5. The van der Waals surface area contributed by atoms with Crippen molar-refractivity contribution in [1.82, 2.24) is 9.47 Å². The zero-order chi connectivity index (χ0) is 23.5. The third-order valence-electron chi connectivity index (χ3n) is 6.65. The lowest BCUT2D eigenvalue weighted by Gasteiger charge is -2.33. The van der Waals surface area contributed by atoms with Gasteiger partial charge in [0.2, 0.25) is 0 Å². The first kappa shape index (κ1) is 22.5. The van der Waals surface area contributed by atoms with Gasteiger partial charge in [-0.05, 0) is 84.0 Å². The molecule has 0 aliphatic carbocycles. The van der Waals surface area contributed by atoms with Gasteiger partial charge in [-0.1, -0.05) is 48.5 Å². The van der Waals surface area contributed by atoms with E-state index in [1.165, 1.54) is 11.1 Å². The number of hydrogen-bond acceptors (Lipinski definition) is 1. The quantitative estimate of drug-likeness (QED) is 0.299. The predicted molar refractivity (Wildman–Crippen MR) is 130 cm³/mol. The van der Waals surface area contributed by atoms with E-state index < -0.39 is 11.7 Å². The second-order valence-corrected chi connectivity index (χ2v) is 9.03. The number of benzene rings is 3. The van der Waals surface area contributed by atoms with E-state index in [2.05, 4.69) is 45.9 Å². The molecule has 34 heavy (non-hydrogen) atoms. The zero-order valence-corrected chi connectivity index (χ0v) is 18.9. The lowest BCUT2D eigenvalue weighted by atomic mass is 9.88. The normalized spacial score (nSPS) is 17.1. The molecule has 1 aliphatic heterocycles. The van der Waals surface area contributed by atoms with Gasteiger partial charge in [-0.25, -0.2) is 0 Å². The molecule has 0 saturated carbocycles. The molecule has 174 valence electrons. The van der Waals surface area contributed by atoms with Gasteiger partial charge in [-0.2, -0.15) is 13.2 Å². The van der Waals surface area contributed by atoms with Crippen LogP contribution < -0.4 is 0 Å². The molecule has 1 aromatic heterocycles. The van der Waals surface area contributed by atoms with Crippen molar-refractivity contribution in [2.24, 2.45) is 0 Å². The first-order valence-electron chi connectivity index (χ1n) is 11.7. The molecular formula is C29H27F3N2. The maximum absolute atomic E-state index is 12.9. The second-order valence-electron chi connectivity index (χ2n) is 9.03. The standard InChI is InChI=1S/C29H27F3N2/c30-29(31,32)27-12-10-23(11-13-27)24-5-3-6-25(19-24)26-7-4-16-33(21-26)20-22-8-14-28(15-9-22)34-17-1-2-18-34/h1-3,5-6,8-15,17-19,26H,4,7,16,20-21H2. The first-order chi connectivity index (χ1) is 16.5. The highest BCUT2D eigenvalue weighted by atomic mass is 19.4. The Morgan fingerprint density at radius 1 is 0.794 bits per heavy atom. The zero-order valence-electron chi connectivity index (χ0n) is 18.9. The van der Waals surface area contributed by atoms with Gasteiger partial charge in [0.15, 0.2) is 0 Å². The summed E-state index contributed by atoms with van der Waals surface area (Å²) in [6.45, 7) is 2.98. The van der Waals surface area contributed by atoms with E-state index in [1.807, 2.05) is 36.7 Å². The molecule has 0 bridgehead atoms. The third-order valence-corrected chi connectivity index (χ3v) is 6.65. The Hall–Kier alpha value is -3.31. The third kappa shape index (κ3) is 5.10. The van der Waals surface area contributed by atoms with Crippen molar-refractivity contribution in [3.8, 4) is 16.8 Å². The smallest absolute Gasteiger partial charge is 0.324 e. The van der Waals surface area contributed by atoms with Gasteiger partial charge >= 0.3 is 6.18 Å². The van der Waals surface area contributed by atoms with Crippen molar-refractivity contribution >= 4 is 0 Å². The van der Waals surface area contributed by atoms with Gasteiger partial charge in [0, 0.05) is 31.2 Å². The molecule has 2 heterocycles. The van der Waals surface area contributed by atoms with Crippen LogP contribution >= 0.6 is 0 Å². The minimum absolute atomic E-state index is 0.419. The van der Waals surface area contributed by atoms with Gasteiger partial charge in [0.05, 0.1) is 5.56 Å². The first-order valence-corrected chi connectivity index (χ1v) is 11.7. The van der Waals surface area contributed by atoms with E-state index in [-0.39, 0.29) is 0 Å². The summed E-state index contributed by atoms with van der Waals surface area (Å²) in [5.74, 6) is 0.419. The predicted octanol–water partition coefficient (Wildman–Crippen LogP) is 7.54. The van der Waals surface area contributed by atoms with Crippen LogP contribution in [0.15, 0.2) is 97.3 Å². The van der Waals surface area contributed by atoms with E-state index in [0.717, 1.165) is 61.4 Å². The van der Waals surface area contributed by atoms with Crippen LogP contribution in [0.1, 0.15) is 35.4 Å². The van der Waals surface area contributed by atoms with Crippen LogP contribution in [-0.4, -0.2) is 22.6 Å². The summed E-state index contributed by atoms with van der Waals surface area (Å²) < 4.78 is 40.8. The van der Waals surface area contributed by atoms with E-state index in [9.17, 15) is 13.2 Å². The van der Waals surface area contributed by atoms with Crippen LogP contribution in [0.2, 0.25) is 0 Å². The average molecular weight is 461 g/mol. The topological polar surface area (TPSA) is 8.17 Å². The van der Waals surface area contributed by atoms with Crippen molar-refractivity contribution in [3.05, 3.63) is 114 Å². The van der Waals surface area contributed by atoms with Crippen molar-refractivity contribution in [3.63, 3.8) is 0 Å². The minimum Gasteiger partial charge on any atom is -0.324 e. The van der Waals surface area contributed by atoms with Gasteiger partial charge in [0.1, 0.15) is 0 Å². The largest absolute Gasteiger partial charge is 0.416 e. The maximum Gasteiger partial charge on any atom is 0.416 e. The molecule has 1 unspecified atom stereocenters. The Morgan fingerprint density at radius 3 is 2.24 bits per heavy atom. The lowest BCUT2D eigenvalue weighted by Crippen LogP contribution is -2.33. The van der Waals surface area contributed by atoms with E-state index in [1.54, 1.807) is 12.1 Å². The van der Waals surface area contributed by atoms with Crippen LogP contribution in [0.5, 0.6) is 0 Å². The highest BCUT2D eigenvalue weighted by Gasteiger charge is 2.30. The van der Waals surface area contributed by atoms with Gasteiger partial charge in [0.25, 0.3) is 0 Å². The minimum atomic E-state index is -4.31. The molecule has 0 amide bonds. The summed E-state index contributed by atoms with van der Waals surface area (Å²) in [4.78, 5) is 2.50. The molecule has 0 radical (unpaired) electrons. The summed E-state index contributed by atoms with van der Waals surface area (Å²) in [5.41, 5.74) is 4.87. The van der Waals surface area contributed by atoms with Crippen molar-refractivity contribution in [2.75, 3.05) is 13.1 Å². The van der Waals surface area contributed by atoms with Crippen molar-refractivity contribution in [2.45, 2.75) is 31.5 Å². The second kappa shape index (κ2) is 9.51. The Labute approximate surface area is 198 Å². The molecule has 3 aromatic carbocycles. The number of piperidine rings is 1. The molecule has 1 saturated heterocycles. The average Bonchev–Trinajstić information content (AvgIpc) is 3.40. The molecule has 1 atom stereocenters. The Balaban J connectivity index is 1.26. The molecule has 2 nitrogen and oxygen atoms in total. The van der Waals surface area contributed by atoms with Crippen LogP contribution in [-0.2, 0) is 12.7 Å². The molecule has 0 N–H and O–H groups in total. The van der Waals surface area contributed by atoms with E-state index in [0.29, 0.717) is 5.92 Å². The van der Waals surface area contributed by atoms with Gasteiger partial charge in [-0.3, -0.25) is 4.90 Å². The molecule has 5 rings (SSSR count). The summed E-state index contributed by atoms with van der Waals surface area (Å²) in [6, 6.07) is 26.5. The summed E-state index contributed by atoms with van der Waals surface area (Å²) >= 11 is 0. The fourth-order valence-electron chi connectivity index (χ4n) is 4.83. The van der Waals surface area contributed by atoms with E-state index in [4.69, 9.17) is 0 Å². The van der Waals surface area contributed by atoms with Crippen LogP contribution in [0.3, 0.4) is 0 Å². The Bertz CT molecular complexity index is 1210. The monoisotopic (exact) mass is 460 g/mol. The van der Waals surface area contributed by atoms with Crippen LogP contribution in [0.4, 0.5) is 13.2 Å².